The summed E-state index contributed by atoms with van der Waals surface area (Å²) in [5, 5.41) is 0. The van der Waals surface area contributed by atoms with Crippen molar-refractivity contribution in [3.63, 3.8) is 0 Å². The molecule has 3 heteroatoms. The van der Waals surface area contributed by atoms with E-state index in [1.807, 2.05) is 0 Å². The smallest absolute Gasteiger partial charge is 0.324 e. The molecule has 0 aliphatic carbocycles. The summed E-state index contributed by atoms with van der Waals surface area (Å²) >= 11 is 0. The number of unbranched alkanes of at least 4 members (excludes halogenated alkanes) is 2. The molecule has 0 rings (SSSR count). The second kappa shape index (κ2) is 5.97. The van der Waals surface area contributed by atoms with Gasteiger partial charge in [0.2, 0.25) is 0 Å². The fourth-order valence-electron chi connectivity index (χ4n) is 1.16. The van der Waals surface area contributed by atoms with E-state index in [0.29, 0.717) is 11.8 Å². The van der Waals surface area contributed by atoms with Gasteiger partial charge in [0.25, 0.3) is 0 Å². The van der Waals surface area contributed by atoms with E-state index in [9.17, 15) is 4.79 Å². The molecular formula is C10H21NO2. The van der Waals surface area contributed by atoms with Crippen molar-refractivity contribution < 1.29 is 9.63 Å². The summed E-state index contributed by atoms with van der Waals surface area (Å²) in [6, 6.07) is 0. The molecule has 0 radical (unpaired) electrons. The maximum Gasteiger partial charge on any atom is 0.324 e. The van der Waals surface area contributed by atoms with E-state index in [-0.39, 0.29) is 5.97 Å². The van der Waals surface area contributed by atoms with Crippen molar-refractivity contribution >= 4 is 5.97 Å². The fraction of sp³-hybridized carbons (Fsp3) is 0.900. The third-order valence-electron chi connectivity index (χ3n) is 1.94. The number of carbonyl (C=O) groups excluding carboxylic acids is 1. The minimum absolute atomic E-state index is 0.309. The van der Waals surface area contributed by atoms with Crippen LogP contribution in [0.25, 0.3) is 0 Å². The van der Waals surface area contributed by atoms with Gasteiger partial charge in [-0.15, -0.1) is 0 Å². The molecule has 0 amide bonds. The van der Waals surface area contributed by atoms with E-state index in [4.69, 9.17) is 5.90 Å². The van der Waals surface area contributed by atoms with Crippen LogP contribution in [0.1, 0.15) is 52.9 Å². The standard InChI is InChI=1S/C10H21NO2/c1-10(2,3)8-6-4-5-7-9(12)13-11/h4-8,11H2,1-3H3. The largest absolute Gasteiger partial charge is 0.373 e. The first-order chi connectivity index (χ1) is 5.95. The van der Waals surface area contributed by atoms with Crippen LogP contribution in [0.2, 0.25) is 0 Å². The second-order valence-electron chi connectivity index (χ2n) is 4.61. The van der Waals surface area contributed by atoms with Crippen molar-refractivity contribution in [2.45, 2.75) is 52.9 Å². The summed E-state index contributed by atoms with van der Waals surface area (Å²) in [5.74, 6) is 4.40. The molecule has 0 aromatic rings. The third-order valence-corrected chi connectivity index (χ3v) is 1.94. The Morgan fingerprint density at radius 3 is 2.31 bits per heavy atom. The predicted octanol–water partition coefficient (Wildman–Crippen LogP) is 2.40. The number of rotatable bonds is 5. The maximum atomic E-state index is 10.6. The van der Waals surface area contributed by atoms with Crippen molar-refractivity contribution in [2.24, 2.45) is 11.3 Å². The Bertz CT molecular complexity index is 149. The Balaban J connectivity index is 3.22. The molecule has 13 heavy (non-hydrogen) atoms. The van der Waals surface area contributed by atoms with Crippen LogP contribution >= 0.6 is 0 Å². The van der Waals surface area contributed by atoms with Gasteiger partial charge in [-0.25, -0.2) is 0 Å². The van der Waals surface area contributed by atoms with Crippen LogP contribution in [-0.4, -0.2) is 5.97 Å². The van der Waals surface area contributed by atoms with E-state index >= 15 is 0 Å². The first kappa shape index (κ1) is 12.4. The summed E-state index contributed by atoms with van der Waals surface area (Å²) in [6.45, 7) is 6.67. The lowest BCUT2D eigenvalue weighted by Crippen LogP contribution is -2.09. The first-order valence-corrected chi connectivity index (χ1v) is 4.85. The average Bonchev–Trinajstić information content (AvgIpc) is 2.01. The lowest BCUT2D eigenvalue weighted by atomic mass is 9.89. The fourth-order valence-corrected chi connectivity index (χ4v) is 1.16. The van der Waals surface area contributed by atoms with Gasteiger partial charge in [0.15, 0.2) is 0 Å². The predicted molar refractivity (Wildman–Crippen MR) is 52.8 cm³/mol. The molecule has 0 bridgehead atoms. The molecule has 0 aliphatic rings. The summed E-state index contributed by atoms with van der Waals surface area (Å²) in [4.78, 5) is 14.7. The van der Waals surface area contributed by atoms with Gasteiger partial charge in [-0.05, 0) is 18.3 Å². The van der Waals surface area contributed by atoms with E-state index < -0.39 is 0 Å². The molecular weight excluding hydrogens is 166 g/mol. The Morgan fingerprint density at radius 1 is 1.23 bits per heavy atom. The molecule has 3 nitrogen and oxygen atoms in total. The molecule has 0 spiro atoms. The SMILES string of the molecule is CC(C)(C)CCCCCC(=O)ON. The first-order valence-electron chi connectivity index (χ1n) is 4.85. The topological polar surface area (TPSA) is 52.3 Å². The molecule has 0 aromatic heterocycles. The summed E-state index contributed by atoms with van der Waals surface area (Å²) in [6.07, 6.45) is 4.77. The van der Waals surface area contributed by atoms with Crippen molar-refractivity contribution in [3.8, 4) is 0 Å². The monoisotopic (exact) mass is 187 g/mol. The van der Waals surface area contributed by atoms with Gasteiger partial charge in [-0.3, -0.25) is 4.79 Å². The van der Waals surface area contributed by atoms with Crippen molar-refractivity contribution in [1.29, 1.82) is 0 Å². The van der Waals surface area contributed by atoms with Crippen molar-refractivity contribution in [2.75, 3.05) is 0 Å². The lowest BCUT2D eigenvalue weighted by molar-refractivity contribution is -0.144. The van der Waals surface area contributed by atoms with E-state index in [2.05, 4.69) is 25.6 Å². The van der Waals surface area contributed by atoms with Gasteiger partial charge in [-0.1, -0.05) is 33.6 Å². The number of carbonyl (C=O) groups is 1. The molecule has 0 heterocycles. The normalized spacial score (nSPS) is 11.4. The van der Waals surface area contributed by atoms with Crippen molar-refractivity contribution in [3.05, 3.63) is 0 Å². The van der Waals surface area contributed by atoms with Gasteiger partial charge in [-0.2, -0.15) is 5.90 Å². The van der Waals surface area contributed by atoms with Gasteiger partial charge in [0.1, 0.15) is 0 Å². The molecule has 0 saturated carbocycles. The number of hydrogen-bond acceptors (Lipinski definition) is 3. The Morgan fingerprint density at radius 2 is 1.85 bits per heavy atom. The van der Waals surface area contributed by atoms with Crippen LogP contribution in [-0.2, 0) is 9.63 Å². The summed E-state index contributed by atoms with van der Waals surface area (Å²) in [7, 11) is 0. The van der Waals surface area contributed by atoms with Gasteiger partial charge < -0.3 is 4.84 Å². The Labute approximate surface area is 80.6 Å². The zero-order valence-corrected chi connectivity index (χ0v) is 8.93. The Hall–Kier alpha value is -0.570. The molecule has 78 valence electrons. The van der Waals surface area contributed by atoms with Crippen LogP contribution in [0.3, 0.4) is 0 Å². The lowest BCUT2D eigenvalue weighted by Gasteiger charge is -2.17. The molecule has 0 aromatic carbocycles. The van der Waals surface area contributed by atoms with Crippen molar-refractivity contribution in [1.82, 2.24) is 0 Å². The van der Waals surface area contributed by atoms with Crippen LogP contribution in [0, 0.1) is 5.41 Å². The average molecular weight is 187 g/mol. The molecule has 0 fully saturated rings. The quantitative estimate of drug-likeness (QED) is 0.531. The Kier molecular flexibility index (Phi) is 5.71. The minimum atomic E-state index is -0.309. The van der Waals surface area contributed by atoms with E-state index in [1.54, 1.807) is 0 Å². The zero-order valence-electron chi connectivity index (χ0n) is 8.93. The van der Waals surface area contributed by atoms with Gasteiger partial charge >= 0.3 is 5.97 Å². The van der Waals surface area contributed by atoms with Crippen LogP contribution in [0.15, 0.2) is 0 Å². The van der Waals surface area contributed by atoms with Crippen LogP contribution < -0.4 is 5.90 Å². The third kappa shape index (κ3) is 9.34. The molecule has 2 N–H and O–H groups in total. The second-order valence-corrected chi connectivity index (χ2v) is 4.61. The molecule has 0 aliphatic heterocycles. The zero-order chi connectivity index (χ0) is 10.3. The van der Waals surface area contributed by atoms with E-state index in [0.717, 1.165) is 12.8 Å². The highest BCUT2D eigenvalue weighted by atomic mass is 16.7. The summed E-state index contributed by atoms with van der Waals surface area (Å²) < 4.78 is 0. The maximum absolute atomic E-state index is 10.6. The highest BCUT2D eigenvalue weighted by molar-refractivity contribution is 5.68. The molecule has 0 atom stereocenters. The highest BCUT2D eigenvalue weighted by Gasteiger charge is 2.09. The molecule has 0 unspecified atom stereocenters. The van der Waals surface area contributed by atoms with E-state index in [1.165, 1.54) is 12.8 Å². The minimum Gasteiger partial charge on any atom is -0.373 e. The highest BCUT2D eigenvalue weighted by Crippen LogP contribution is 2.22. The van der Waals surface area contributed by atoms with Gasteiger partial charge in [0, 0.05) is 6.42 Å². The molecule has 0 saturated heterocycles. The van der Waals surface area contributed by atoms with Crippen LogP contribution in [0.4, 0.5) is 0 Å². The number of hydrogen-bond donors (Lipinski definition) is 1. The van der Waals surface area contributed by atoms with Gasteiger partial charge in [0.05, 0.1) is 0 Å². The van der Waals surface area contributed by atoms with Crippen LogP contribution in [0.5, 0.6) is 0 Å². The summed E-state index contributed by atoms with van der Waals surface area (Å²) in [5.41, 5.74) is 0.397. The number of nitrogens with two attached hydrogens (primary N) is 1.